The molecule has 0 aliphatic carbocycles. The molecule has 0 aliphatic rings. The normalized spacial score (nSPS) is 10.8. The molecule has 0 bridgehead atoms. The maximum absolute atomic E-state index is 12.9. The molecule has 18 heavy (non-hydrogen) atoms. The van der Waals surface area contributed by atoms with Gasteiger partial charge in [0.1, 0.15) is 23.8 Å². The van der Waals surface area contributed by atoms with Crippen molar-refractivity contribution in [1.82, 2.24) is 20.5 Å². The molecule has 2 rings (SSSR count). The van der Waals surface area contributed by atoms with Crippen LogP contribution in [0.5, 0.6) is 0 Å². The Morgan fingerprint density at radius 1 is 1.17 bits per heavy atom. The molecule has 0 atom stereocenters. The lowest BCUT2D eigenvalue weighted by atomic mass is 10.2. The van der Waals surface area contributed by atoms with E-state index in [4.69, 9.17) is 0 Å². The third-order valence-corrected chi connectivity index (χ3v) is 2.48. The Balaban J connectivity index is 1.68. The Bertz CT molecular complexity index is 465. The largest absolute Gasteiger partial charge is 0.313 e. The number of aromatic nitrogens is 3. The highest BCUT2D eigenvalue weighted by Gasteiger charge is 2.00. The molecule has 0 aliphatic heterocycles. The van der Waals surface area contributed by atoms with Crippen LogP contribution in [0.3, 0.4) is 0 Å². The number of hydrogen-bond donors (Lipinski definition) is 2. The third-order valence-electron chi connectivity index (χ3n) is 2.48. The average molecular weight is 252 g/mol. The predicted octanol–water partition coefficient (Wildman–Crippen LogP) is 1.81. The van der Waals surface area contributed by atoms with Crippen LogP contribution < -0.4 is 5.32 Å². The number of rotatable bonds is 6. The molecule has 1 aromatic heterocycles. The van der Waals surface area contributed by atoms with Crippen LogP contribution in [0.25, 0.3) is 0 Å². The number of H-pyrrole nitrogens is 1. The molecule has 6 heteroatoms. The maximum Gasteiger partial charge on any atom is 0.137 e. The fourth-order valence-electron chi connectivity index (χ4n) is 1.68. The Labute approximate surface area is 103 Å². The number of nitrogens with one attached hydrogen (secondary N) is 2. The lowest BCUT2D eigenvalue weighted by molar-refractivity contribution is 0.573. The predicted molar refractivity (Wildman–Crippen MR) is 62.8 cm³/mol. The van der Waals surface area contributed by atoms with Crippen molar-refractivity contribution in [3.05, 3.63) is 47.5 Å². The third kappa shape index (κ3) is 3.89. The Morgan fingerprint density at radius 2 is 1.94 bits per heavy atom. The monoisotopic (exact) mass is 252 g/mol. The highest BCUT2D eigenvalue weighted by Crippen LogP contribution is 2.07. The fraction of sp³-hybridized carbons (Fsp3) is 0.333. The minimum absolute atomic E-state index is 0.449. The van der Waals surface area contributed by atoms with Crippen molar-refractivity contribution in [2.24, 2.45) is 0 Å². The van der Waals surface area contributed by atoms with Gasteiger partial charge in [-0.2, -0.15) is 5.10 Å². The van der Waals surface area contributed by atoms with Gasteiger partial charge in [0, 0.05) is 19.0 Å². The van der Waals surface area contributed by atoms with Crippen molar-refractivity contribution in [3.63, 3.8) is 0 Å². The summed E-state index contributed by atoms with van der Waals surface area (Å²) < 4.78 is 25.8. The van der Waals surface area contributed by atoms with Gasteiger partial charge in [-0.3, -0.25) is 5.10 Å². The van der Waals surface area contributed by atoms with Crippen LogP contribution in [0.1, 0.15) is 17.8 Å². The van der Waals surface area contributed by atoms with Crippen molar-refractivity contribution in [2.45, 2.75) is 19.4 Å². The van der Waals surface area contributed by atoms with E-state index in [0.717, 1.165) is 31.3 Å². The van der Waals surface area contributed by atoms with Crippen molar-refractivity contribution in [1.29, 1.82) is 0 Å². The topological polar surface area (TPSA) is 53.6 Å². The number of hydrogen-bond acceptors (Lipinski definition) is 3. The maximum atomic E-state index is 12.9. The van der Waals surface area contributed by atoms with E-state index in [1.165, 1.54) is 18.5 Å². The first-order valence-electron chi connectivity index (χ1n) is 5.74. The molecule has 0 spiro atoms. The summed E-state index contributed by atoms with van der Waals surface area (Å²) in [7, 11) is 0. The van der Waals surface area contributed by atoms with E-state index in [9.17, 15) is 8.78 Å². The SMILES string of the molecule is Fc1cc(F)cc(CNCCCc2ncn[nH]2)c1. The second-order valence-electron chi connectivity index (χ2n) is 3.99. The highest BCUT2D eigenvalue weighted by molar-refractivity contribution is 5.17. The van der Waals surface area contributed by atoms with Crippen molar-refractivity contribution >= 4 is 0 Å². The second-order valence-corrected chi connectivity index (χ2v) is 3.99. The Morgan fingerprint density at radius 3 is 2.61 bits per heavy atom. The van der Waals surface area contributed by atoms with Crippen LogP contribution in [-0.2, 0) is 13.0 Å². The molecule has 0 radical (unpaired) electrons. The standard InChI is InChI=1S/C12H14F2N4/c13-10-4-9(5-11(14)6-10)7-15-3-1-2-12-16-8-17-18-12/h4-6,8,15H,1-3,7H2,(H,16,17,18). The van der Waals surface area contributed by atoms with Crippen LogP contribution in [0.2, 0.25) is 0 Å². The summed E-state index contributed by atoms with van der Waals surface area (Å²) >= 11 is 0. The fourth-order valence-corrected chi connectivity index (χ4v) is 1.68. The van der Waals surface area contributed by atoms with Crippen LogP contribution in [-0.4, -0.2) is 21.7 Å². The van der Waals surface area contributed by atoms with Crippen molar-refractivity contribution in [2.75, 3.05) is 6.54 Å². The molecule has 4 nitrogen and oxygen atoms in total. The molecule has 1 aromatic carbocycles. The zero-order valence-corrected chi connectivity index (χ0v) is 9.79. The Hall–Kier alpha value is -1.82. The number of aryl methyl sites for hydroxylation is 1. The van der Waals surface area contributed by atoms with Gasteiger partial charge in [0.25, 0.3) is 0 Å². The van der Waals surface area contributed by atoms with Crippen LogP contribution in [0.15, 0.2) is 24.5 Å². The summed E-state index contributed by atoms with van der Waals surface area (Å²) in [5.74, 6) is -0.254. The molecular formula is C12H14F2N4. The van der Waals surface area contributed by atoms with Crippen molar-refractivity contribution < 1.29 is 8.78 Å². The molecule has 0 saturated heterocycles. The van der Waals surface area contributed by atoms with E-state index in [2.05, 4.69) is 20.5 Å². The number of benzene rings is 1. The molecular weight excluding hydrogens is 238 g/mol. The molecule has 2 N–H and O–H groups in total. The van der Waals surface area contributed by atoms with Gasteiger partial charge < -0.3 is 5.32 Å². The van der Waals surface area contributed by atoms with Crippen LogP contribution in [0.4, 0.5) is 8.78 Å². The quantitative estimate of drug-likeness (QED) is 0.771. The summed E-state index contributed by atoms with van der Waals surface area (Å²) in [5.41, 5.74) is 0.604. The summed E-state index contributed by atoms with van der Waals surface area (Å²) in [5, 5.41) is 9.64. The first kappa shape index (κ1) is 12.6. The average Bonchev–Trinajstić information content (AvgIpc) is 2.80. The van der Waals surface area contributed by atoms with Gasteiger partial charge in [-0.05, 0) is 30.7 Å². The first-order chi connectivity index (χ1) is 8.74. The number of halogens is 2. The smallest absolute Gasteiger partial charge is 0.137 e. The van der Waals surface area contributed by atoms with Gasteiger partial charge in [0.05, 0.1) is 0 Å². The zero-order valence-electron chi connectivity index (χ0n) is 9.79. The van der Waals surface area contributed by atoms with Crippen molar-refractivity contribution in [3.8, 4) is 0 Å². The van der Waals surface area contributed by atoms with E-state index < -0.39 is 11.6 Å². The molecule has 0 unspecified atom stereocenters. The van der Waals surface area contributed by atoms with Gasteiger partial charge >= 0.3 is 0 Å². The van der Waals surface area contributed by atoms with E-state index in [1.807, 2.05) is 0 Å². The van der Waals surface area contributed by atoms with E-state index >= 15 is 0 Å². The molecule has 0 fully saturated rings. The van der Waals surface area contributed by atoms with Gasteiger partial charge in [-0.25, -0.2) is 13.8 Å². The summed E-state index contributed by atoms with van der Waals surface area (Å²) in [6, 6.07) is 3.52. The molecule has 0 saturated carbocycles. The number of nitrogens with zero attached hydrogens (tertiary/aromatic N) is 2. The molecule has 0 amide bonds. The van der Waals surface area contributed by atoms with Crippen LogP contribution in [0, 0.1) is 11.6 Å². The minimum atomic E-state index is -0.548. The number of aromatic amines is 1. The minimum Gasteiger partial charge on any atom is -0.313 e. The first-order valence-corrected chi connectivity index (χ1v) is 5.74. The summed E-state index contributed by atoms with van der Waals surface area (Å²) in [6.07, 6.45) is 3.15. The summed E-state index contributed by atoms with van der Waals surface area (Å²) in [4.78, 5) is 4.00. The second kappa shape index (κ2) is 6.20. The van der Waals surface area contributed by atoms with Gasteiger partial charge in [-0.1, -0.05) is 0 Å². The van der Waals surface area contributed by atoms with E-state index in [-0.39, 0.29) is 0 Å². The van der Waals surface area contributed by atoms with E-state index in [0.29, 0.717) is 12.1 Å². The lowest BCUT2D eigenvalue weighted by Gasteiger charge is -2.04. The Kier molecular flexibility index (Phi) is 4.35. The van der Waals surface area contributed by atoms with E-state index in [1.54, 1.807) is 0 Å². The molecule has 96 valence electrons. The lowest BCUT2D eigenvalue weighted by Crippen LogP contribution is -2.15. The van der Waals surface area contributed by atoms with Gasteiger partial charge in [0.15, 0.2) is 0 Å². The molecule has 1 heterocycles. The zero-order chi connectivity index (χ0) is 12.8. The van der Waals surface area contributed by atoms with Crippen LogP contribution >= 0.6 is 0 Å². The van der Waals surface area contributed by atoms with Gasteiger partial charge in [0.2, 0.25) is 0 Å². The molecule has 2 aromatic rings. The summed E-state index contributed by atoms with van der Waals surface area (Å²) in [6.45, 7) is 1.20. The van der Waals surface area contributed by atoms with Gasteiger partial charge in [-0.15, -0.1) is 0 Å². The highest BCUT2D eigenvalue weighted by atomic mass is 19.1.